The van der Waals surface area contributed by atoms with E-state index < -0.39 is 23.3 Å². The van der Waals surface area contributed by atoms with E-state index in [2.05, 4.69) is 52.5 Å². The second kappa shape index (κ2) is 14.8. The molecule has 0 bridgehead atoms. The van der Waals surface area contributed by atoms with E-state index in [-0.39, 0.29) is 29.8 Å². The molecule has 2 aromatic rings. The second-order valence-electron chi connectivity index (χ2n) is 9.75. The molecule has 0 radical (unpaired) electrons. The number of rotatable bonds is 14. The molecule has 15 heteroatoms. The largest absolute Gasteiger partial charge is 0.369 e. The maximum atomic E-state index is 12.4. The number of primary amides is 1. The number of carbonyl (C=O) groups is 5. The van der Waals surface area contributed by atoms with Gasteiger partial charge in [0.05, 0.1) is 10.5 Å². The van der Waals surface area contributed by atoms with Crippen molar-refractivity contribution in [1.82, 2.24) is 20.6 Å². The summed E-state index contributed by atoms with van der Waals surface area (Å²) in [4.78, 5) is 68.3. The lowest BCUT2D eigenvalue weighted by atomic mass is 9.91. The number of aromatic nitrogens is 2. The number of hydrogen-bond donors (Lipinski definition) is 6. The van der Waals surface area contributed by atoms with Gasteiger partial charge in [-0.05, 0) is 60.8 Å². The summed E-state index contributed by atoms with van der Waals surface area (Å²) in [6.07, 6.45) is 2.73. The first-order valence-electron chi connectivity index (χ1n) is 12.9. The highest BCUT2D eigenvalue weighted by Gasteiger charge is 2.33. The van der Waals surface area contributed by atoms with Crippen LogP contribution < -0.4 is 32.3 Å². The summed E-state index contributed by atoms with van der Waals surface area (Å²) in [6, 6.07) is 6.50. The molecular weight excluding hydrogens is 616 g/mol. The molecule has 220 valence electrons. The van der Waals surface area contributed by atoms with E-state index in [9.17, 15) is 24.0 Å². The average Bonchev–Trinajstić information content (AvgIpc) is 3.32. The van der Waals surface area contributed by atoms with E-state index in [0.717, 1.165) is 0 Å². The van der Waals surface area contributed by atoms with Crippen LogP contribution in [0.2, 0.25) is 0 Å². The third kappa shape index (κ3) is 9.70. The molecule has 1 unspecified atom stereocenters. The van der Waals surface area contributed by atoms with E-state index in [0.29, 0.717) is 59.3 Å². The lowest BCUT2D eigenvalue weighted by Crippen LogP contribution is -2.46. The Morgan fingerprint density at radius 3 is 2.56 bits per heavy atom. The Kier molecular flexibility index (Phi) is 11.5. The molecule has 1 aliphatic rings. The molecule has 4 amide bonds. The Bertz CT molecular complexity index is 1310. The molecule has 13 nitrogen and oxygen atoms in total. The van der Waals surface area contributed by atoms with Crippen molar-refractivity contribution in [2.75, 3.05) is 34.8 Å². The van der Waals surface area contributed by atoms with E-state index >= 15 is 0 Å². The molecule has 1 fully saturated rings. The highest BCUT2D eigenvalue weighted by Crippen LogP contribution is 2.24. The third-order valence-corrected chi connectivity index (χ3v) is 7.70. The van der Waals surface area contributed by atoms with Gasteiger partial charge in [-0.2, -0.15) is 4.98 Å². The van der Waals surface area contributed by atoms with Crippen LogP contribution in [0.25, 0.3) is 0 Å². The summed E-state index contributed by atoms with van der Waals surface area (Å²) in [6.45, 7) is 3.78. The summed E-state index contributed by atoms with van der Waals surface area (Å²) in [5.41, 5.74) is 5.14. The first kappa shape index (κ1) is 31.8. The summed E-state index contributed by atoms with van der Waals surface area (Å²) in [5.74, 6) is -0.240. The summed E-state index contributed by atoms with van der Waals surface area (Å²) in [5, 5.41) is 14.3. The zero-order valence-electron chi connectivity index (χ0n) is 22.7. The van der Waals surface area contributed by atoms with Crippen molar-refractivity contribution in [1.29, 1.82) is 0 Å². The zero-order chi connectivity index (χ0) is 30.0. The van der Waals surface area contributed by atoms with Crippen molar-refractivity contribution >= 4 is 79.6 Å². The summed E-state index contributed by atoms with van der Waals surface area (Å²) >= 11 is 4.62. The van der Waals surface area contributed by atoms with Gasteiger partial charge in [0.2, 0.25) is 34.7 Å². The number of nitrogens with zero attached hydrogens (tertiary/aromatic N) is 2. The van der Waals surface area contributed by atoms with Crippen LogP contribution in [0, 0.1) is 5.41 Å². The predicted octanol–water partition coefficient (Wildman–Crippen LogP) is 2.28. The smallest absolute Gasteiger partial charge is 0.235 e. The molecular formula is C26H33BrN8O5S. The highest BCUT2D eigenvalue weighted by molar-refractivity contribution is 9.10. The lowest BCUT2D eigenvalue weighted by Gasteiger charge is -2.19. The predicted molar refractivity (Wildman–Crippen MR) is 160 cm³/mol. The fraction of sp³-hybridized carbons (Fsp3) is 0.423. The van der Waals surface area contributed by atoms with Crippen molar-refractivity contribution in [3.63, 3.8) is 0 Å². The number of carbonyl (C=O) groups excluding carboxylic acids is 5. The van der Waals surface area contributed by atoms with Gasteiger partial charge in [-0.3, -0.25) is 24.0 Å². The average molecular weight is 650 g/mol. The van der Waals surface area contributed by atoms with Crippen LogP contribution >= 0.6 is 27.7 Å². The monoisotopic (exact) mass is 648 g/mol. The van der Waals surface area contributed by atoms with Gasteiger partial charge in [0.1, 0.15) is 11.2 Å². The minimum Gasteiger partial charge on any atom is -0.369 e. The van der Waals surface area contributed by atoms with Gasteiger partial charge in [0.15, 0.2) is 0 Å². The van der Waals surface area contributed by atoms with Gasteiger partial charge in [-0.15, -0.1) is 0 Å². The Hall–Kier alpha value is -3.72. The van der Waals surface area contributed by atoms with Crippen LogP contribution in [-0.4, -0.2) is 63.6 Å². The number of nitrogens with one attached hydrogen (secondary N) is 5. The van der Waals surface area contributed by atoms with Crippen LogP contribution in [0.1, 0.15) is 39.5 Å². The quantitative estimate of drug-likeness (QED) is 0.130. The fourth-order valence-electron chi connectivity index (χ4n) is 3.53. The molecule has 0 spiro atoms. The second-order valence-corrected chi connectivity index (χ2v) is 11.7. The molecule has 1 aromatic heterocycles. The number of benzene rings is 1. The van der Waals surface area contributed by atoms with Gasteiger partial charge >= 0.3 is 0 Å². The SMILES string of the molecule is CC(C)(C(N)=O)C(=O)NCCCNc1nc(Nc2cccc(NC(=O)CCC(=O)NC3CCSC3=O)c2)ncc1Br. The number of thioether (sulfide) groups is 1. The lowest BCUT2D eigenvalue weighted by molar-refractivity contribution is -0.139. The molecule has 41 heavy (non-hydrogen) atoms. The van der Waals surface area contributed by atoms with Crippen LogP contribution in [0.3, 0.4) is 0 Å². The van der Waals surface area contributed by atoms with Gasteiger partial charge < -0.3 is 32.3 Å². The Morgan fingerprint density at radius 1 is 1.12 bits per heavy atom. The maximum absolute atomic E-state index is 12.4. The van der Waals surface area contributed by atoms with E-state index in [1.807, 2.05) is 0 Å². The number of hydrogen-bond acceptors (Lipinski definition) is 10. The van der Waals surface area contributed by atoms with Crippen molar-refractivity contribution in [2.24, 2.45) is 11.1 Å². The molecule has 0 saturated carbocycles. The minimum atomic E-state index is -1.28. The van der Waals surface area contributed by atoms with E-state index in [1.165, 1.54) is 25.6 Å². The van der Waals surface area contributed by atoms with Gasteiger partial charge in [-0.25, -0.2) is 4.98 Å². The summed E-state index contributed by atoms with van der Waals surface area (Å²) < 4.78 is 0.642. The van der Waals surface area contributed by atoms with E-state index in [4.69, 9.17) is 5.73 Å². The van der Waals surface area contributed by atoms with Crippen LogP contribution in [-0.2, 0) is 24.0 Å². The molecule has 0 aliphatic carbocycles. The van der Waals surface area contributed by atoms with Gasteiger partial charge in [0.25, 0.3) is 0 Å². The maximum Gasteiger partial charge on any atom is 0.235 e. The highest BCUT2D eigenvalue weighted by atomic mass is 79.9. The molecule has 1 aromatic carbocycles. The van der Waals surface area contributed by atoms with Crippen molar-refractivity contribution in [2.45, 2.75) is 45.6 Å². The standard InChI is InChI=1S/C26H33BrN8O5S/c1-26(2,23(28)39)24(40)30-11-4-10-29-21-17(27)14-31-25(35-21)33-16-6-3-5-15(13-16)32-19(36)7-8-20(37)34-18-9-12-41-22(18)38/h3,5-6,13-14,18H,4,7-12H2,1-2H3,(H2,28,39)(H,30,40)(H,32,36)(H,34,37)(H2,29,31,33,35). The summed E-state index contributed by atoms with van der Waals surface area (Å²) in [7, 11) is 0. The van der Waals surface area contributed by atoms with Gasteiger partial charge in [-0.1, -0.05) is 17.8 Å². The molecule has 1 atom stereocenters. The molecule has 2 heterocycles. The van der Waals surface area contributed by atoms with Crippen molar-refractivity contribution < 1.29 is 24.0 Å². The first-order valence-corrected chi connectivity index (χ1v) is 14.7. The fourth-order valence-corrected chi connectivity index (χ4v) is 4.79. The van der Waals surface area contributed by atoms with E-state index in [1.54, 1.807) is 30.5 Å². The number of amides is 4. The first-order chi connectivity index (χ1) is 19.5. The Balaban J connectivity index is 1.46. The topological polar surface area (TPSA) is 197 Å². The Labute approximate surface area is 250 Å². The minimum absolute atomic E-state index is 0.0154. The Morgan fingerprint density at radius 2 is 1.85 bits per heavy atom. The molecule has 7 N–H and O–H groups in total. The number of nitrogens with two attached hydrogens (primary N) is 1. The molecule has 3 rings (SSSR count). The number of anilines is 4. The van der Waals surface area contributed by atoms with Crippen molar-refractivity contribution in [3.05, 3.63) is 34.9 Å². The zero-order valence-corrected chi connectivity index (χ0v) is 25.1. The van der Waals surface area contributed by atoms with Crippen LogP contribution in [0.4, 0.5) is 23.1 Å². The third-order valence-electron chi connectivity index (χ3n) is 6.11. The molecule has 1 saturated heterocycles. The van der Waals surface area contributed by atoms with Crippen LogP contribution in [0.5, 0.6) is 0 Å². The number of halogens is 1. The molecule has 1 aliphatic heterocycles. The van der Waals surface area contributed by atoms with Crippen LogP contribution in [0.15, 0.2) is 34.9 Å². The van der Waals surface area contributed by atoms with Crippen molar-refractivity contribution in [3.8, 4) is 0 Å². The van der Waals surface area contributed by atoms with Gasteiger partial charge in [0, 0.05) is 49.3 Å². The normalized spacial score (nSPS) is 14.7.